The quantitative estimate of drug-likeness (QED) is 0.529. The largest absolute Gasteiger partial charge is 0.497 e. The van der Waals surface area contributed by atoms with Crippen LogP contribution in [0.15, 0.2) is 53.5 Å². The lowest BCUT2D eigenvalue weighted by Crippen LogP contribution is -2.52. The Morgan fingerprint density at radius 3 is 2.35 bits per heavy atom. The molecule has 1 fully saturated rings. The van der Waals surface area contributed by atoms with Crippen molar-refractivity contribution >= 4 is 17.6 Å². The van der Waals surface area contributed by atoms with Gasteiger partial charge in [-0.1, -0.05) is 12.1 Å². The van der Waals surface area contributed by atoms with E-state index in [1.807, 2.05) is 43.3 Å². The van der Waals surface area contributed by atoms with E-state index in [0.29, 0.717) is 18.7 Å². The van der Waals surface area contributed by atoms with Crippen molar-refractivity contribution in [2.45, 2.75) is 20.4 Å². The van der Waals surface area contributed by atoms with Gasteiger partial charge in [0.2, 0.25) is 0 Å². The van der Waals surface area contributed by atoms with Crippen LogP contribution in [0.4, 0.5) is 5.69 Å². The van der Waals surface area contributed by atoms with Gasteiger partial charge >= 0.3 is 0 Å². The minimum absolute atomic E-state index is 0.0464. The van der Waals surface area contributed by atoms with Gasteiger partial charge in [0.15, 0.2) is 5.96 Å². The SMILES string of the molecule is CCNC(=O)c1cccc(CN=C(NCC)N2CCN(c3ccc(OC)cc3)CC2)c1. The minimum atomic E-state index is -0.0464. The molecule has 1 amide bonds. The van der Waals surface area contributed by atoms with Crippen molar-refractivity contribution in [3.63, 3.8) is 0 Å². The average Bonchev–Trinajstić information content (AvgIpc) is 2.82. The summed E-state index contributed by atoms with van der Waals surface area (Å²) < 4.78 is 5.25. The monoisotopic (exact) mass is 423 g/mol. The van der Waals surface area contributed by atoms with E-state index in [9.17, 15) is 4.79 Å². The number of piperazine rings is 1. The zero-order valence-corrected chi connectivity index (χ0v) is 18.7. The Kier molecular flexibility index (Phi) is 8.15. The fourth-order valence-corrected chi connectivity index (χ4v) is 3.64. The summed E-state index contributed by atoms with van der Waals surface area (Å²) in [6.07, 6.45) is 0. The average molecular weight is 424 g/mol. The summed E-state index contributed by atoms with van der Waals surface area (Å²) >= 11 is 0. The van der Waals surface area contributed by atoms with Gasteiger partial charge in [-0.25, -0.2) is 4.99 Å². The van der Waals surface area contributed by atoms with Crippen molar-refractivity contribution in [2.24, 2.45) is 4.99 Å². The Hall–Kier alpha value is -3.22. The number of ether oxygens (including phenoxy) is 1. The summed E-state index contributed by atoms with van der Waals surface area (Å²) in [5.74, 6) is 1.75. The predicted octanol–water partition coefficient (Wildman–Crippen LogP) is 2.73. The van der Waals surface area contributed by atoms with Crippen LogP contribution in [0, 0.1) is 0 Å². The number of nitrogens with zero attached hydrogens (tertiary/aromatic N) is 3. The predicted molar refractivity (Wildman–Crippen MR) is 126 cm³/mol. The van der Waals surface area contributed by atoms with Crippen LogP contribution in [0.3, 0.4) is 0 Å². The molecule has 0 bridgehead atoms. The Morgan fingerprint density at radius 1 is 1.00 bits per heavy atom. The molecule has 0 aliphatic carbocycles. The van der Waals surface area contributed by atoms with Crippen molar-refractivity contribution in [2.75, 3.05) is 51.3 Å². The second-order valence-corrected chi connectivity index (χ2v) is 7.40. The second kappa shape index (κ2) is 11.2. The van der Waals surface area contributed by atoms with Gasteiger partial charge in [0.05, 0.1) is 13.7 Å². The van der Waals surface area contributed by atoms with E-state index in [0.717, 1.165) is 50.0 Å². The summed E-state index contributed by atoms with van der Waals surface area (Å²) in [5, 5.41) is 6.25. The first kappa shape index (κ1) is 22.5. The number of aliphatic imine (C=N–C) groups is 1. The molecule has 0 saturated carbocycles. The fraction of sp³-hybridized carbons (Fsp3) is 0.417. The molecule has 31 heavy (non-hydrogen) atoms. The fourth-order valence-electron chi connectivity index (χ4n) is 3.64. The normalized spacial score (nSPS) is 14.4. The van der Waals surface area contributed by atoms with Gasteiger partial charge in [-0.15, -0.1) is 0 Å². The van der Waals surface area contributed by atoms with Crippen LogP contribution in [0.5, 0.6) is 5.75 Å². The summed E-state index contributed by atoms with van der Waals surface area (Å²) in [5.41, 5.74) is 2.91. The van der Waals surface area contributed by atoms with Gasteiger partial charge in [0, 0.05) is 50.5 Å². The van der Waals surface area contributed by atoms with E-state index in [1.165, 1.54) is 5.69 Å². The summed E-state index contributed by atoms with van der Waals surface area (Å²) in [4.78, 5) is 21.6. The van der Waals surface area contributed by atoms with Gasteiger partial charge in [-0.2, -0.15) is 0 Å². The molecule has 0 spiro atoms. The molecule has 0 aromatic heterocycles. The lowest BCUT2D eigenvalue weighted by molar-refractivity contribution is 0.0955. The number of nitrogens with one attached hydrogen (secondary N) is 2. The highest BCUT2D eigenvalue weighted by Gasteiger charge is 2.20. The number of hydrogen-bond acceptors (Lipinski definition) is 4. The van der Waals surface area contributed by atoms with E-state index in [2.05, 4.69) is 39.5 Å². The summed E-state index contributed by atoms with van der Waals surface area (Å²) in [7, 11) is 1.69. The molecule has 7 nitrogen and oxygen atoms in total. The van der Waals surface area contributed by atoms with Gasteiger partial charge in [0.25, 0.3) is 5.91 Å². The van der Waals surface area contributed by atoms with Gasteiger partial charge in [0.1, 0.15) is 5.75 Å². The van der Waals surface area contributed by atoms with Crippen LogP contribution >= 0.6 is 0 Å². The van der Waals surface area contributed by atoms with Crippen molar-refractivity contribution in [3.05, 3.63) is 59.7 Å². The molecule has 0 radical (unpaired) electrons. The number of anilines is 1. The van der Waals surface area contributed by atoms with Crippen LogP contribution < -0.4 is 20.3 Å². The Labute approximate surface area is 185 Å². The second-order valence-electron chi connectivity index (χ2n) is 7.40. The van der Waals surface area contributed by atoms with Gasteiger partial charge < -0.3 is 25.2 Å². The number of benzene rings is 2. The van der Waals surface area contributed by atoms with Crippen LogP contribution in [-0.4, -0.2) is 63.1 Å². The zero-order valence-electron chi connectivity index (χ0n) is 18.7. The lowest BCUT2D eigenvalue weighted by atomic mass is 10.1. The molecule has 1 saturated heterocycles. The van der Waals surface area contributed by atoms with E-state index < -0.39 is 0 Å². The molecule has 2 N–H and O–H groups in total. The molecule has 1 aliphatic rings. The van der Waals surface area contributed by atoms with Gasteiger partial charge in [-0.3, -0.25) is 4.79 Å². The molecule has 0 atom stereocenters. The number of guanidine groups is 1. The zero-order chi connectivity index (χ0) is 22.1. The first-order chi connectivity index (χ1) is 15.1. The molecular weight excluding hydrogens is 390 g/mol. The van der Waals surface area contributed by atoms with Crippen LogP contribution in [-0.2, 0) is 6.54 Å². The maximum Gasteiger partial charge on any atom is 0.251 e. The highest BCUT2D eigenvalue weighted by Crippen LogP contribution is 2.20. The van der Waals surface area contributed by atoms with E-state index in [4.69, 9.17) is 9.73 Å². The molecule has 166 valence electrons. The van der Waals surface area contributed by atoms with Crippen LogP contribution in [0.1, 0.15) is 29.8 Å². The number of carbonyl (C=O) groups is 1. The third-order valence-corrected chi connectivity index (χ3v) is 5.29. The molecule has 1 aliphatic heterocycles. The van der Waals surface area contributed by atoms with E-state index >= 15 is 0 Å². The number of hydrogen-bond donors (Lipinski definition) is 2. The Morgan fingerprint density at radius 2 is 1.71 bits per heavy atom. The standard InChI is InChI=1S/C24H33N5O2/c1-4-25-23(30)20-8-6-7-19(17-20)18-27-24(26-5-2)29-15-13-28(14-16-29)21-9-11-22(31-3)12-10-21/h6-12,17H,4-5,13-16,18H2,1-3H3,(H,25,30)(H,26,27). The molecular formula is C24H33N5O2. The number of amides is 1. The molecule has 0 unspecified atom stereocenters. The van der Waals surface area contributed by atoms with Crippen LogP contribution in [0.2, 0.25) is 0 Å². The molecule has 2 aromatic rings. The summed E-state index contributed by atoms with van der Waals surface area (Å²) in [6.45, 7) is 9.64. The van der Waals surface area contributed by atoms with Crippen molar-refractivity contribution < 1.29 is 9.53 Å². The maximum absolute atomic E-state index is 12.1. The highest BCUT2D eigenvalue weighted by atomic mass is 16.5. The minimum Gasteiger partial charge on any atom is -0.497 e. The smallest absolute Gasteiger partial charge is 0.251 e. The van der Waals surface area contributed by atoms with E-state index in [-0.39, 0.29) is 5.91 Å². The van der Waals surface area contributed by atoms with Crippen molar-refractivity contribution in [1.29, 1.82) is 0 Å². The Balaban J connectivity index is 1.62. The summed E-state index contributed by atoms with van der Waals surface area (Å²) in [6, 6.07) is 15.9. The molecule has 2 aromatic carbocycles. The van der Waals surface area contributed by atoms with Gasteiger partial charge in [-0.05, 0) is 55.8 Å². The topological polar surface area (TPSA) is 69.2 Å². The van der Waals surface area contributed by atoms with Crippen molar-refractivity contribution in [1.82, 2.24) is 15.5 Å². The molecule has 3 rings (SSSR count). The number of methoxy groups -OCH3 is 1. The first-order valence-corrected chi connectivity index (χ1v) is 10.9. The van der Waals surface area contributed by atoms with E-state index in [1.54, 1.807) is 7.11 Å². The molecule has 1 heterocycles. The number of carbonyl (C=O) groups excluding carboxylic acids is 1. The molecule has 7 heteroatoms. The van der Waals surface area contributed by atoms with Crippen LogP contribution in [0.25, 0.3) is 0 Å². The Bertz CT molecular complexity index is 874. The maximum atomic E-state index is 12.1. The highest BCUT2D eigenvalue weighted by molar-refractivity contribution is 5.94. The van der Waals surface area contributed by atoms with Crippen molar-refractivity contribution in [3.8, 4) is 5.75 Å². The number of rotatable bonds is 7. The third kappa shape index (κ3) is 6.13. The first-order valence-electron chi connectivity index (χ1n) is 10.9. The lowest BCUT2D eigenvalue weighted by Gasteiger charge is -2.37. The third-order valence-electron chi connectivity index (χ3n) is 5.29.